The Kier molecular flexibility index (Phi) is 7.13. The van der Waals surface area contributed by atoms with Crippen molar-refractivity contribution < 1.29 is 18.6 Å². The number of rotatable bonds is 9. The Hall–Kier alpha value is -1.73. The van der Waals surface area contributed by atoms with Gasteiger partial charge in [0.2, 0.25) is 10.0 Å². The normalized spacial score (nSPS) is 12.9. The second kappa shape index (κ2) is 9.10. The van der Waals surface area contributed by atoms with Gasteiger partial charge >= 0.3 is 0 Å². The van der Waals surface area contributed by atoms with E-state index in [1.807, 2.05) is 31.2 Å². The van der Waals surface area contributed by atoms with Gasteiger partial charge in [-0.3, -0.25) is 0 Å². The van der Waals surface area contributed by atoms with Gasteiger partial charge in [0.05, 0.1) is 11.0 Å². The van der Waals surface area contributed by atoms with Crippen LogP contribution in [0.25, 0.3) is 0 Å². The minimum atomic E-state index is -3.49. The molecule has 0 heterocycles. The first-order valence-electron chi connectivity index (χ1n) is 8.36. The van der Waals surface area contributed by atoms with E-state index < -0.39 is 16.1 Å². The Labute approximate surface area is 149 Å². The van der Waals surface area contributed by atoms with Gasteiger partial charge in [-0.2, -0.15) is 0 Å². The number of hydrogen-bond donors (Lipinski definition) is 3. The number of sulfonamides is 1. The Morgan fingerprint density at radius 2 is 1.68 bits per heavy atom. The highest BCUT2D eigenvalue weighted by Crippen LogP contribution is 2.18. The van der Waals surface area contributed by atoms with Crippen molar-refractivity contribution in [2.75, 3.05) is 13.2 Å². The lowest BCUT2D eigenvalue weighted by molar-refractivity contribution is 0.152. The average molecular weight is 363 g/mol. The van der Waals surface area contributed by atoms with Gasteiger partial charge in [0.1, 0.15) is 0 Å². The molecule has 0 spiro atoms. The van der Waals surface area contributed by atoms with Gasteiger partial charge in [0.15, 0.2) is 0 Å². The van der Waals surface area contributed by atoms with E-state index in [-0.39, 0.29) is 11.5 Å². The highest BCUT2D eigenvalue weighted by molar-refractivity contribution is 7.89. The summed E-state index contributed by atoms with van der Waals surface area (Å²) in [6.07, 6.45) is 1.06. The van der Waals surface area contributed by atoms with Crippen molar-refractivity contribution >= 4 is 10.0 Å². The summed E-state index contributed by atoms with van der Waals surface area (Å²) < 4.78 is 27.0. The van der Waals surface area contributed by atoms with E-state index in [0.717, 1.165) is 16.7 Å². The summed E-state index contributed by atoms with van der Waals surface area (Å²) in [5.41, 5.74) is 2.81. The molecular formula is C19H25NO4S. The number of hydrogen-bond acceptors (Lipinski definition) is 4. The van der Waals surface area contributed by atoms with E-state index in [4.69, 9.17) is 5.11 Å². The summed E-state index contributed by atoms with van der Waals surface area (Å²) in [7, 11) is -3.49. The quantitative estimate of drug-likeness (QED) is 0.638. The lowest BCUT2D eigenvalue weighted by Crippen LogP contribution is -2.26. The molecule has 0 saturated heterocycles. The molecule has 25 heavy (non-hydrogen) atoms. The highest BCUT2D eigenvalue weighted by Gasteiger charge is 2.13. The summed E-state index contributed by atoms with van der Waals surface area (Å²) in [5, 5.41) is 18.8. The fourth-order valence-corrected chi connectivity index (χ4v) is 3.52. The number of aliphatic hydroxyl groups excluding tert-OH is 2. The molecule has 0 bridgehead atoms. The van der Waals surface area contributed by atoms with E-state index in [9.17, 15) is 13.5 Å². The molecule has 0 amide bonds. The highest BCUT2D eigenvalue weighted by atomic mass is 32.2. The second-order valence-corrected chi connectivity index (χ2v) is 7.85. The minimum absolute atomic E-state index is 0.0657. The van der Waals surface area contributed by atoms with Crippen molar-refractivity contribution in [1.82, 2.24) is 4.72 Å². The molecule has 5 nitrogen and oxygen atoms in total. The molecule has 6 heteroatoms. The molecule has 0 aromatic heterocycles. The molecule has 2 rings (SSSR count). The van der Waals surface area contributed by atoms with Crippen molar-refractivity contribution in [3.63, 3.8) is 0 Å². The fraction of sp³-hybridized carbons (Fsp3) is 0.368. The molecule has 0 saturated carbocycles. The molecule has 2 aromatic rings. The zero-order valence-corrected chi connectivity index (χ0v) is 15.2. The van der Waals surface area contributed by atoms with Crippen molar-refractivity contribution in [3.8, 4) is 0 Å². The van der Waals surface area contributed by atoms with Crippen molar-refractivity contribution in [1.29, 1.82) is 0 Å². The monoisotopic (exact) mass is 363 g/mol. The lowest BCUT2D eigenvalue weighted by Gasteiger charge is -2.11. The first-order chi connectivity index (χ1) is 11.9. The molecule has 0 radical (unpaired) electrons. The first kappa shape index (κ1) is 19.6. The number of benzene rings is 2. The standard InChI is InChI=1S/C19H25NO4S/c1-15-4-10-18(11-5-15)25(23,24)20-13-12-16-6-8-17(9-7-16)19(22)3-2-14-21/h4-11,19-22H,2-3,12-14H2,1H3. The maximum atomic E-state index is 12.2. The van der Waals surface area contributed by atoms with Crippen LogP contribution < -0.4 is 4.72 Å². The maximum Gasteiger partial charge on any atom is 0.240 e. The van der Waals surface area contributed by atoms with Crippen LogP contribution in [0.5, 0.6) is 0 Å². The topological polar surface area (TPSA) is 86.6 Å². The molecule has 136 valence electrons. The van der Waals surface area contributed by atoms with Crippen molar-refractivity contribution in [3.05, 3.63) is 65.2 Å². The third kappa shape index (κ3) is 5.93. The summed E-state index contributed by atoms with van der Waals surface area (Å²) in [6.45, 7) is 2.28. The third-order valence-corrected chi connectivity index (χ3v) is 5.51. The van der Waals surface area contributed by atoms with Gasteiger partial charge in [-0.1, -0.05) is 42.0 Å². The van der Waals surface area contributed by atoms with Gasteiger partial charge in [0.25, 0.3) is 0 Å². The Balaban J connectivity index is 1.88. The van der Waals surface area contributed by atoms with Crippen LogP contribution in [0.1, 0.15) is 35.6 Å². The number of nitrogens with one attached hydrogen (secondary N) is 1. The van der Waals surface area contributed by atoms with E-state index in [2.05, 4.69) is 4.72 Å². The van der Waals surface area contributed by atoms with Crippen LogP contribution in [0, 0.1) is 6.92 Å². The molecule has 1 unspecified atom stereocenters. The zero-order chi connectivity index (χ0) is 18.3. The zero-order valence-electron chi connectivity index (χ0n) is 14.4. The van der Waals surface area contributed by atoms with Gasteiger partial charge in [-0.15, -0.1) is 0 Å². The van der Waals surface area contributed by atoms with Crippen LogP contribution in [0.3, 0.4) is 0 Å². The van der Waals surface area contributed by atoms with E-state index >= 15 is 0 Å². The Bertz CT molecular complexity index is 755. The first-order valence-corrected chi connectivity index (χ1v) is 9.85. The maximum absolute atomic E-state index is 12.2. The second-order valence-electron chi connectivity index (χ2n) is 6.08. The van der Waals surface area contributed by atoms with E-state index in [0.29, 0.717) is 25.8 Å². The van der Waals surface area contributed by atoms with Crippen molar-refractivity contribution in [2.24, 2.45) is 0 Å². The van der Waals surface area contributed by atoms with Crippen LogP contribution in [0.15, 0.2) is 53.4 Å². The smallest absolute Gasteiger partial charge is 0.240 e. The third-order valence-electron chi connectivity index (χ3n) is 4.04. The van der Waals surface area contributed by atoms with Gasteiger partial charge in [0, 0.05) is 13.2 Å². The molecule has 0 aliphatic heterocycles. The predicted octanol–water partition coefficient (Wildman–Crippen LogP) is 2.32. The SMILES string of the molecule is Cc1ccc(S(=O)(=O)NCCc2ccc(C(O)CCCO)cc2)cc1. The number of aryl methyl sites for hydroxylation is 1. The van der Waals surface area contributed by atoms with Crippen molar-refractivity contribution in [2.45, 2.75) is 37.2 Å². The van der Waals surface area contributed by atoms with Gasteiger partial charge in [-0.25, -0.2) is 13.1 Å². The van der Waals surface area contributed by atoms with Crippen LogP contribution in [0.4, 0.5) is 0 Å². The summed E-state index contributed by atoms with van der Waals surface area (Å²) in [5.74, 6) is 0. The van der Waals surface area contributed by atoms with E-state index in [1.54, 1.807) is 24.3 Å². The average Bonchev–Trinajstić information content (AvgIpc) is 2.60. The van der Waals surface area contributed by atoms with Crippen LogP contribution in [0.2, 0.25) is 0 Å². The largest absolute Gasteiger partial charge is 0.396 e. The minimum Gasteiger partial charge on any atom is -0.396 e. The molecule has 3 N–H and O–H groups in total. The molecule has 1 atom stereocenters. The summed E-state index contributed by atoms with van der Waals surface area (Å²) in [6, 6.07) is 14.2. The fourth-order valence-electron chi connectivity index (χ4n) is 2.49. The molecule has 0 aliphatic carbocycles. The molecule has 0 fully saturated rings. The molecular weight excluding hydrogens is 338 g/mol. The Morgan fingerprint density at radius 3 is 2.28 bits per heavy atom. The molecule has 0 aliphatic rings. The number of aliphatic hydroxyl groups is 2. The van der Waals surface area contributed by atoms with Crippen LogP contribution in [-0.4, -0.2) is 31.8 Å². The predicted molar refractivity (Wildman–Crippen MR) is 97.8 cm³/mol. The summed E-state index contributed by atoms with van der Waals surface area (Å²) in [4.78, 5) is 0.264. The van der Waals surface area contributed by atoms with Gasteiger partial charge < -0.3 is 10.2 Å². The van der Waals surface area contributed by atoms with E-state index in [1.165, 1.54) is 0 Å². The Morgan fingerprint density at radius 1 is 1.04 bits per heavy atom. The van der Waals surface area contributed by atoms with Crippen LogP contribution >= 0.6 is 0 Å². The lowest BCUT2D eigenvalue weighted by atomic mass is 10.0. The van der Waals surface area contributed by atoms with Gasteiger partial charge in [-0.05, 0) is 49.4 Å². The van der Waals surface area contributed by atoms with Crippen LogP contribution in [-0.2, 0) is 16.4 Å². The molecule has 2 aromatic carbocycles. The summed E-state index contributed by atoms with van der Waals surface area (Å²) >= 11 is 0.